The number of aliphatic hydroxyl groups excluding tert-OH is 1. The highest BCUT2D eigenvalue weighted by Crippen LogP contribution is 2.32. The number of benzene rings is 1. The molecule has 26 heavy (non-hydrogen) atoms. The largest absolute Gasteiger partial charge is 0.492 e. The molecule has 6 nitrogen and oxygen atoms in total. The van der Waals surface area contributed by atoms with E-state index in [4.69, 9.17) is 14.5 Å². The first-order valence-corrected chi connectivity index (χ1v) is 9.08. The molecule has 0 aliphatic carbocycles. The van der Waals surface area contributed by atoms with Gasteiger partial charge in [-0.05, 0) is 44.4 Å². The number of ether oxygens (including phenoxy) is 2. The van der Waals surface area contributed by atoms with Crippen LogP contribution in [-0.2, 0) is 4.74 Å². The first-order chi connectivity index (χ1) is 12.2. The Balaban J connectivity index is 0.00000338. The lowest BCUT2D eigenvalue weighted by Gasteiger charge is -2.24. The smallest absolute Gasteiger partial charge is 0.191 e. The number of guanidine groups is 1. The minimum absolute atomic E-state index is 0. The molecule has 148 valence electrons. The SMILES string of the molecule is CCNC(=NCC1(CCO)CCOC1)NCCOc1cccc(C)c1.I. The zero-order valence-corrected chi connectivity index (χ0v) is 18.1. The van der Waals surface area contributed by atoms with Crippen molar-refractivity contribution in [3.63, 3.8) is 0 Å². The number of hydrogen-bond acceptors (Lipinski definition) is 4. The Morgan fingerprint density at radius 1 is 1.38 bits per heavy atom. The van der Waals surface area contributed by atoms with Crippen LogP contribution in [0.25, 0.3) is 0 Å². The van der Waals surface area contributed by atoms with E-state index in [-0.39, 0.29) is 36.0 Å². The van der Waals surface area contributed by atoms with Crippen molar-refractivity contribution < 1.29 is 14.6 Å². The molecule has 1 atom stereocenters. The van der Waals surface area contributed by atoms with Crippen molar-refractivity contribution >= 4 is 29.9 Å². The molecule has 0 spiro atoms. The quantitative estimate of drug-likeness (QED) is 0.220. The number of halogens is 1. The monoisotopic (exact) mass is 477 g/mol. The third kappa shape index (κ3) is 7.67. The van der Waals surface area contributed by atoms with E-state index >= 15 is 0 Å². The molecule has 0 saturated carbocycles. The molecular weight excluding hydrogens is 445 g/mol. The van der Waals surface area contributed by atoms with Gasteiger partial charge in [-0.15, -0.1) is 24.0 Å². The van der Waals surface area contributed by atoms with Gasteiger partial charge in [-0.2, -0.15) is 0 Å². The van der Waals surface area contributed by atoms with E-state index in [1.54, 1.807) is 0 Å². The van der Waals surface area contributed by atoms with Gasteiger partial charge in [-0.25, -0.2) is 0 Å². The molecule has 0 radical (unpaired) electrons. The Labute approximate surface area is 173 Å². The number of aryl methyl sites for hydroxylation is 1. The number of hydrogen-bond donors (Lipinski definition) is 3. The second kappa shape index (κ2) is 12.3. The average molecular weight is 477 g/mol. The molecule has 0 amide bonds. The Bertz CT molecular complexity index is 549. The van der Waals surface area contributed by atoms with Gasteiger partial charge in [0.1, 0.15) is 12.4 Å². The molecule has 1 aliphatic rings. The molecule has 0 bridgehead atoms. The van der Waals surface area contributed by atoms with Crippen molar-refractivity contribution in [1.82, 2.24) is 10.6 Å². The van der Waals surface area contributed by atoms with Crippen molar-refractivity contribution in [3.05, 3.63) is 29.8 Å². The number of aliphatic hydroxyl groups is 1. The lowest BCUT2D eigenvalue weighted by molar-refractivity contribution is 0.131. The van der Waals surface area contributed by atoms with Gasteiger partial charge in [0, 0.05) is 25.2 Å². The van der Waals surface area contributed by atoms with E-state index in [1.165, 1.54) is 5.56 Å². The fourth-order valence-electron chi connectivity index (χ4n) is 2.92. The summed E-state index contributed by atoms with van der Waals surface area (Å²) in [4.78, 5) is 4.69. The van der Waals surface area contributed by atoms with Crippen molar-refractivity contribution in [3.8, 4) is 5.75 Å². The molecule has 0 aromatic heterocycles. The Morgan fingerprint density at radius 2 is 2.23 bits per heavy atom. The van der Waals surface area contributed by atoms with Crippen LogP contribution in [0.1, 0.15) is 25.3 Å². The maximum absolute atomic E-state index is 9.31. The van der Waals surface area contributed by atoms with Crippen molar-refractivity contribution in [1.29, 1.82) is 0 Å². The molecule has 1 aromatic carbocycles. The number of rotatable bonds is 9. The number of nitrogens with one attached hydrogen (secondary N) is 2. The molecule has 1 unspecified atom stereocenters. The van der Waals surface area contributed by atoms with Crippen LogP contribution in [0.4, 0.5) is 0 Å². The summed E-state index contributed by atoms with van der Waals surface area (Å²) in [7, 11) is 0. The van der Waals surface area contributed by atoms with Crippen molar-refractivity contribution in [2.75, 3.05) is 46.1 Å². The maximum atomic E-state index is 9.31. The van der Waals surface area contributed by atoms with Crippen LogP contribution in [0.2, 0.25) is 0 Å². The molecule has 1 heterocycles. The minimum Gasteiger partial charge on any atom is -0.492 e. The van der Waals surface area contributed by atoms with Gasteiger partial charge in [-0.3, -0.25) is 4.99 Å². The molecule has 1 aromatic rings. The third-order valence-electron chi connectivity index (χ3n) is 4.40. The zero-order chi connectivity index (χ0) is 18.0. The van der Waals surface area contributed by atoms with Gasteiger partial charge in [0.25, 0.3) is 0 Å². The Morgan fingerprint density at radius 3 is 2.88 bits per heavy atom. The van der Waals surface area contributed by atoms with Crippen LogP contribution >= 0.6 is 24.0 Å². The number of aliphatic imine (C=N–C) groups is 1. The first-order valence-electron chi connectivity index (χ1n) is 9.08. The fraction of sp³-hybridized carbons (Fsp3) is 0.632. The predicted octanol–water partition coefficient (Wildman–Crippen LogP) is 2.34. The summed E-state index contributed by atoms with van der Waals surface area (Å²) in [5.41, 5.74) is 1.16. The fourth-order valence-corrected chi connectivity index (χ4v) is 2.92. The van der Waals surface area contributed by atoms with Gasteiger partial charge in [-0.1, -0.05) is 12.1 Å². The summed E-state index contributed by atoms with van der Waals surface area (Å²) in [5, 5.41) is 15.9. The van der Waals surface area contributed by atoms with Crippen LogP contribution in [0.15, 0.2) is 29.3 Å². The summed E-state index contributed by atoms with van der Waals surface area (Å²) < 4.78 is 11.3. The molecule has 3 N–H and O–H groups in total. The van der Waals surface area contributed by atoms with Gasteiger partial charge in [0.2, 0.25) is 0 Å². The standard InChI is InChI=1S/C19H31N3O3.HI/c1-3-20-18(22-14-19(7-10-23)8-11-24-15-19)21-9-12-25-17-6-4-5-16(2)13-17;/h4-6,13,23H,3,7-12,14-15H2,1-2H3,(H2,20,21,22);1H. The highest BCUT2D eigenvalue weighted by molar-refractivity contribution is 14.0. The minimum atomic E-state index is -0.0326. The van der Waals surface area contributed by atoms with E-state index < -0.39 is 0 Å². The lowest BCUT2D eigenvalue weighted by atomic mass is 9.84. The summed E-state index contributed by atoms with van der Waals surface area (Å²) in [6.07, 6.45) is 1.68. The summed E-state index contributed by atoms with van der Waals surface area (Å²) in [5.74, 6) is 1.66. The Kier molecular flexibility index (Phi) is 10.9. The second-order valence-electron chi connectivity index (χ2n) is 6.56. The van der Waals surface area contributed by atoms with Crippen LogP contribution in [-0.4, -0.2) is 57.1 Å². The van der Waals surface area contributed by atoms with Crippen LogP contribution in [0.3, 0.4) is 0 Å². The first kappa shape index (κ1) is 23.0. The predicted molar refractivity (Wildman–Crippen MR) is 116 cm³/mol. The van der Waals surface area contributed by atoms with E-state index in [2.05, 4.69) is 23.6 Å². The number of nitrogens with zero attached hydrogens (tertiary/aromatic N) is 1. The maximum Gasteiger partial charge on any atom is 0.191 e. The van der Waals surface area contributed by atoms with Gasteiger partial charge in [0.15, 0.2) is 5.96 Å². The zero-order valence-electron chi connectivity index (χ0n) is 15.8. The molecule has 1 saturated heterocycles. The summed E-state index contributed by atoms with van der Waals surface area (Å²) in [6.45, 7) is 8.39. The van der Waals surface area contributed by atoms with E-state index in [0.29, 0.717) is 26.3 Å². The average Bonchev–Trinajstić information content (AvgIpc) is 3.06. The topological polar surface area (TPSA) is 75.1 Å². The molecular formula is C19H32IN3O3. The van der Waals surface area contributed by atoms with Crippen LogP contribution in [0.5, 0.6) is 5.75 Å². The van der Waals surface area contributed by atoms with E-state index in [1.807, 2.05) is 25.1 Å². The lowest BCUT2D eigenvalue weighted by Crippen LogP contribution is -2.40. The van der Waals surface area contributed by atoms with E-state index in [9.17, 15) is 5.11 Å². The summed E-state index contributed by atoms with van der Waals surface area (Å²) >= 11 is 0. The van der Waals surface area contributed by atoms with Gasteiger partial charge in [0.05, 0.1) is 19.7 Å². The second-order valence-corrected chi connectivity index (χ2v) is 6.56. The van der Waals surface area contributed by atoms with E-state index in [0.717, 1.165) is 37.7 Å². The van der Waals surface area contributed by atoms with Crippen molar-refractivity contribution in [2.24, 2.45) is 10.4 Å². The third-order valence-corrected chi connectivity index (χ3v) is 4.40. The highest BCUT2D eigenvalue weighted by Gasteiger charge is 2.34. The molecule has 1 aliphatic heterocycles. The van der Waals surface area contributed by atoms with Crippen LogP contribution in [0, 0.1) is 12.3 Å². The van der Waals surface area contributed by atoms with Crippen LogP contribution < -0.4 is 15.4 Å². The van der Waals surface area contributed by atoms with Crippen molar-refractivity contribution in [2.45, 2.75) is 26.7 Å². The highest BCUT2D eigenvalue weighted by atomic mass is 127. The van der Waals surface area contributed by atoms with Gasteiger partial charge < -0.3 is 25.2 Å². The molecule has 1 fully saturated rings. The molecule has 2 rings (SSSR count). The Hall–Kier alpha value is -1.06. The summed E-state index contributed by atoms with van der Waals surface area (Å²) in [6, 6.07) is 8.03. The van der Waals surface area contributed by atoms with Gasteiger partial charge >= 0.3 is 0 Å². The molecule has 7 heteroatoms. The normalized spacial score (nSPS) is 19.7.